The molecule has 0 fully saturated rings. The summed E-state index contributed by atoms with van der Waals surface area (Å²) < 4.78 is 1.66. The van der Waals surface area contributed by atoms with Gasteiger partial charge in [-0.05, 0) is 27.9 Å². The fourth-order valence-corrected chi connectivity index (χ4v) is 1.38. The molecule has 1 rings (SSSR count). The van der Waals surface area contributed by atoms with E-state index in [9.17, 15) is 5.21 Å². The molecule has 0 amide bonds. The molecule has 0 spiro atoms. The van der Waals surface area contributed by atoms with Gasteiger partial charge in [-0.1, -0.05) is 6.92 Å². The molecule has 0 radical (unpaired) electrons. The van der Waals surface area contributed by atoms with Crippen LogP contribution >= 0.6 is 15.9 Å². The van der Waals surface area contributed by atoms with Crippen LogP contribution < -0.4 is 4.73 Å². The second-order valence-corrected chi connectivity index (χ2v) is 2.89. The van der Waals surface area contributed by atoms with E-state index in [2.05, 4.69) is 22.9 Å². The Morgan fingerprint density at radius 3 is 2.90 bits per heavy atom. The van der Waals surface area contributed by atoms with Gasteiger partial charge < -0.3 is 5.21 Å². The molecule has 0 N–H and O–H groups in total. The van der Waals surface area contributed by atoms with E-state index in [4.69, 9.17) is 0 Å². The molecule has 2 nitrogen and oxygen atoms in total. The number of rotatable bonds is 1. The lowest BCUT2D eigenvalue weighted by atomic mass is 10.2. The Morgan fingerprint density at radius 2 is 2.40 bits per heavy atom. The van der Waals surface area contributed by atoms with E-state index >= 15 is 0 Å². The lowest BCUT2D eigenvalue weighted by Gasteiger charge is -1.99. The van der Waals surface area contributed by atoms with Gasteiger partial charge in [-0.15, -0.1) is 0 Å². The molecule has 3 heteroatoms. The largest absolute Gasteiger partial charge is 0.619 e. The van der Waals surface area contributed by atoms with Gasteiger partial charge in [-0.3, -0.25) is 0 Å². The topological polar surface area (TPSA) is 26.9 Å². The Hall–Kier alpha value is -0.570. The van der Waals surface area contributed by atoms with Crippen molar-refractivity contribution in [2.24, 2.45) is 0 Å². The summed E-state index contributed by atoms with van der Waals surface area (Å²) in [6.45, 7) is 2.05. The van der Waals surface area contributed by atoms with Crippen LogP contribution in [0.1, 0.15) is 12.5 Å². The van der Waals surface area contributed by atoms with Crippen LogP contribution in [0.2, 0.25) is 0 Å². The highest BCUT2D eigenvalue weighted by Gasteiger charge is 1.99. The Morgan fingerprint density at radius 1 is 1.70 bits per heavy atom. The lowest BCUT2D eigenvalue weighted by molar-refractivity contribution is -0.606. The zero-order valence-corrected chi connectivity index (χ0v) is 7.26. The summed E-state index contributed by atoms with van der Waals surface area (Å²) in [5.74, 6) is 0. The smallest absolute Gasteiger partial charge is 0.194 e. The molecule has 54 valence electrons. The van der Waals surface area contributed by atoms with Crippen LogP contribution in [-0.2, 0) is 6.42 Å². The molecule has 1 aromatic heterocycles. The lowest BCUT2D eigenvalue weighted by Crippen LogP contribution is -2.24. The third-order valence-corrected chi connectivity index (χ3v) is 2.06. The summed E-state index contributed by atoms with van der Waals surface area (Å²) in [6, 6.07) is 1.82. The fourth-order valence-electron chi connectivity index (χ4n) is 0.767. The molecule has 0 saturated heterocycles. The molecule has 1 aromatic rings. The van der Waals surface area contributed by atoms with Gasteiger partial charge >= 0.3 is 0 Å². The molecule has 0 aliphatic rings. The second-order valence-electron chi connectivity index (χ2n) is 2.03. The summed E-state index contributed by atoms with van der Waals surface area (Å²) in [5, 5.41) is 10.6. The molecular weight excluding hydrogens is 194 g/mol. The van der Waals surface area contributed by atoms with Gasteiger partial charge in [0.2, 0.25) is 0 Å². The number of aryl methyl sites for hydroxylation is 1. The number of pyridine rings is 1. The van der Waals surface area contributed by atoms with Crippen molar-refractivity contribution in [2.45, 2.75) is 13.3 Å². The first-order valence-electron chi connectivity index (χ1n) is 3.11. The first kappa shape index (κ1) is 7.54. The van der Waals surface area contributed by atoms with Gasteiger partial charge in [-0.2, -0.15) is 4.73 Å². The van der Waals surface area contributed by atoms with Gasteiger partial charge in [0.25, 0.3) is 0 Å². The molecule has 10 heavy (non-hydrogen) atoms. The number of hydrogen-bond donors (Lipinski definition) is 0. The van der Waals surface area contributed by atoms with Crippen LogP contribution in [0.4, 0.5) is 0 Å². The van der Waals surface area contributed by atoms with Gasteiger partial charge in [0, 0.05) is 6.07 Å². The maximum absolute atomic E-state index is 10.6. The predicted molar refractivity (Wildman–Crippen MR) is 42.5 cm³/mol. The number of halogens is 1. The van der Waals surface area contributed by atoms with Crippen LogP contribution in [0.3, 0.4) is 0 Å². The van der Waals surface area contributed by atoms with Crippen LogP contribution in [0.25, 0.3) is 0 Å². The van der Waals surface area contributed by atoms with Gasteiger partial charge in [0.15, 0.2) is 12.4 Å². The van der Waals surface area contributed by atoms with E-state index in [0.717, 1.165) is 21.2 Å². The van der Waals surface area contributed by atoms with Gasteiger partial charge in [0.05, 0.1) is 4.47 Å². The summed E-state index contributed by atoms with van der Waals surface area (Å²) in [4.78, 5) is 0. The molecule has 0 aromatic carbocycles. The second kappa shape index (κ2) is 3.01. The average molecular weight is 202 g/mol. The van der Waals surface area contributed by atoms with Crippen molar-refractivity contribution in [1.29, 1.82) is 0 Å². The first-order valence-corrected chi connectivity index (χ1v) is 3.90. The van der Waals surface area contributed by atoms with Crippen molar-refractivity contribution < 1.29 is 4.73 Å². The molecular formula is C7H8BrNO. The molecule has 0 atom stereocenters. The fraction of sp³-hybridized carbons (Fsp3) is 0.286. The number of aromatic nitrogens is 1. The van der Waals surface area contributed by atoms with Gasteiger partial charge in [0.1, 0.15) is 0 Å². The third-order valence-electron chi connectivity index (χ3n) is 1.35. The average Bonchev–Trinajstić information content (AvgIpc) is 1.88. The molecule has 0 aliphatic heterocycles. The van der Waals surface area contributed by atoms with E-state index in [0.29, 0.717) is 0 Å². The molecule has 0 aliphatic carbocycles. The summed E-state index contributed by atoms with van der Waals surface area (Å²) in [5.41, 5.74) is 1.16. The molecule has 0 unspecified atom stereocenters. The Balaban J connectivity index is 3.07. The highest BCUT2D eigenvalue weighted by atomic mass is 79.9. The highest BCUT2D eigenvalue weighted by molar-refractivity contribution is 9.10. The quantitative estimate of drug-likeness (QED) is 0.502. The van der Waals surface area contributed by atoms with Crippen LogP contribution in [0.5, 0.6) is 0 Å². The minimum atomic E-state index is 0.781. The molecule has 0 saturated carbocycles. The summed E-state index contributed by atoms with van der Waals surface area (Å²) in [7, 11) is 0. The van der Waals surface area contributed by atoms with E-state index in [1.807, 2.05) is 6.07 Å². The van der Waals surface area contributed by atoms with Crippen molar-refractivity contribution in [3.8, 4) is 0 Å². The standard InChI is InChI=1S/C7H8BrNO/c1-2-6-3-4-9(10)5-7(6)8/h3-5H,2H2,1H3. The maximum Gasteiger partial charge on any atom is 0.194 e. The predicted octanol–water partition coefficient (Wildman–Crippen LogP) is 1.64. The van der Waals surface area contributed by atoms with E-state index in [-0.39, 0.29) is 0 Å². The normalized spacial score (nSPS) is 9.80. The van der Waals surface area contributed by atoms with Crippen LogP contribution in [0.15, 0.2) is 22.9 Å². The van der Waals surface area contributed by atoms with Gasteiger partial charge in [-0.25, -0.2) is 0 Å². The minimum absolute atomic E-state index is 0.781. The number of nitrogens with zero attached hydrogens (tertiary/aromatic N) is 1. The third kappa shape index (κ3) is 1.48. The summed E-state index contributed by atoms with van der Waals surface area (Å²) >= 11 is 3.29. The monoisotopic (exact) mass is 201 g/mol. The Labute approximate surface area is 68.2 Å². The van der Waals surface area contributed by atoms with Crippen molar-refractivity contribution in [2.75, 3.05) is 0 Å². The van der Waals surface area contributed by atoms with Crippen molar-refractivity contribution >= 4 is 15.9 Å². The number of hydrogen-bond acceptors (Lipinski definition) is 1. The first-order chi connectivity index (χ1) is 4.74. The Bertz CT molecular complexity index is 237. The molecule has 0 bridgehead atoms. The molecule has 1 heterocycles. The SMILES string of the molecule is CCc1cc[n+]([O-])cc1Br. The van der Waals surface area contributed by atoms with Crippen molar-refractivity contribution in [1.82, 2.24) is 0 Å². The Kier molecular flexibility index (Phi) is 2.27. The van der Waals surface area contributed by atoms with Crippen molar-refractivity contribution in [3.05, 3.63) is 33.7 Å². The zero-order chi connectivity index (χ0) is 7.56. The van der Waals surface area contributed by atoms with Crippen LogP contribution in [-0.4, -0.2) is 0 Å². The maximum atomic E-state index is 10.6. The van der Waals surface area contributed by atoms with E-state index in [1.54, 1.807) is 0 Å². The minimum Gasteiger partial charge on any atom is -0.619 e. The zero-order valence-electron chi connectivity index (χ0n) is 5.67. The highest BCUT2D eigenvalue weighted by Crippen LogP contribution is 2.13. The summed E-state index contributed by atoms with van der Waals surface area (Å²) in [6.07, 6.45) is 3.96. The van der Waals surface area contributed by atoms with E-state index in [1.165, 1.54) is 12.4 Å². The van der Waals surface area contributed by atoms with Crippen molar-refractivity contribution in [3.63, 3.8) is 0 Å². The van der Waals surface area contributed by atoms with Crippen LogP contribution in [0, 0.1) is 5.21 Å². The van der Waals surface area contributed by atoms with E-state index < -0.39 is 0 Å².